The summed E-state index contributed by atoms with van der Waals surface area (Å²) in [4.78, 5) is 24.7. The van der Waals surface area contributed by atoms with Crippen molar-refractivity contribution in [3.63, 3.8) is 0 Å². The van der Waals surface area contributed by atoms with Gasteiger partial charge in [0.1, 0.15) is 6.04 Å². The minimum absolute atomic E-state index is 0.0886. The molecule has 0 aliphatic heterocycles. The fourth-order valence-electron chi connectivity index (χ4n) is 4.27. The van der Waals surface area contributed by atoms with Crippen LogP contribution in [0.15, 0.2) is 97.1 Å². The average molecular weight is 547 g/mol. The van der Waals surface area contributed by atoms with Crippen LogP contribution in [0.1, 0.15) is 40.9 Å². The molecule has 0 spiro atoms. The molecule has 0 radical (unpaired) electrons. The van der Waals surface area contributed by atoms with Gasteiger partial charge in [0.05, 0.1) is 5.56 Å². The molecule has 4 N–H and O–H groups in total. The molecule has 5 nitrogen and oxygen atoms in total. The predicted molar refractivity (Wildman–Crippen MR) is 149 cm³/mol. The molecule has 0 unspecified atom stereocenters. The lowest BCUT2D eigenvalue weighted by Gasteiger charge is -2.19. The number of aliphatic carboxylic acids is 1. The van der Waals surface area contributed by atoms with Gasteiger partial charge in [-0.3, -0.25) is 4.79 Å². The molecule has 206 valence electrons. The number of carbonyl (C=O) groups is 2. The molecule has 1 atom stereocenters. The van der Waals surface area contributed by atoms with Gasteiger partial charge in [0.15, 0.2) is 0 Å². The van der Waals surface area contributed by atoms with Crippen molar-refractivity contribution in [1.29, 1.82) is 0 Å². The first-order valence-corrected chi connectivity index (χ1v) is 12.6. The Balaban J connectivity index is 1.40. The number of carboxylic acids is 1. The maximum atomic E-state index is 12.8. The van der Waals surface area contributed by atoms with E-state index in [9.17, 15) is 27.9 Å². The monoisotopic (exact) mass is 546 g/mol. The SMILES string of the molecule is CC(C)(N)c1ccc(-c2ccc(C[C@H](NC(=O)c3ccc(-c4ccc(C(F)(F)F)cc4)cc3)C(=O)O)cc2)cc1. The highest BCUT2D eigenvalue weighted by molar-refractivity contribution is 5.97. The van der Waals surface area contributed by atoms with E-state index in [2.05, 4.69) is 5.32 Å². The van der Waals surface area contributed by atoms with Crippen LogP contribution in [-0.2, 0) is 22.9 Å². The molecule has 0 aliphatic carbocycles. The van der Waals surface area contributed by atoms with E-state index in [1.54, 1.807) is 12.1 Å². The van der Waals surface area contributed by atoms with Gasteiger partial charge in [0.2, 0.25) is 0 Å². The lowest BCUT2D eigenvalue weighted by atomic mass is 9.93. The van der Waals surface area contributed by atoms with Crippen LogP contribution in [0, 0.1) is 0 Å². The number of rotatable bonds is 8. The van der Waals surface area contributed by atoms with Gasteiger partial charge in [-0.05, 0) is 71.5 Å². The van der Waals surface area contributed by atoms with Gasteiger partial charge >= 0.3 is 12.1 Å². The van der Waals surface area contributed by atoms with Crippen molar-refractivity contribution in [3.8, 4) is 22.3 Å². The summed E-state index contributed by atoms with van der Waals surface area (Å²) >= 11 is 0. The van der Waals surface area contributed by atoms with Crippen molar-refractivity contribution < 1.29 is 27.9 Å². The first-order valence-electron chi connectivity index (χ1n) is 12.6. The number of benzene rings is 4. The number of alkyl halides is 3. The number of carbonyl (C=O) groups excluding carboxylic acids is 1. The third kappa shape index (κ3) is 6.95. The molecule has 4 rings (SSSR count). The number of amides is 1. The molecule has 0 heterocycles. The highest BCUT2D eigenvalue weighted by Crippen LogP contribution is 2.31. The molecular weight excluding hydrogens is 517 g/mol. The number of halogens is 3. The second-order valence-corrected chi connectivity index (χ2v) is 10.2. The maximum absolute atomic E-state index is 12.8. The Bertz CT molecular complexity index is 1470. The molecule has 4 aromatic rings. The van der Waals surface area contributed by atoms with Gasteiger partial charge in [0.25, 0.3) is 5.91 Å². The molecule has 0 fully saturated rings. The first kappa shape index (κ1) is 28.6. The second kappa shape index (κ2) is 11.4. The summed E-state index contributed by atoms with van der Waals surface area (Å²) in [7, 11) is 0. The van der Waals surface area contributed by atoms with Gasteiger partial charge in [-0.1, -0.05) is 72.8 Å². The lowest BCUT2D eigenvalue weighted by Crippen LogP contribution is -2.42. The number of hydrogen-bond acceptors (Lipinski definition) is 3. The fraction of sp³-hybridized carbons (Fsp3) is 0.188. The molecule has 40 heavy (non-hydrogen) atoms. The summed E-state index contributed by atoms with van der Waals surface area (Å²) in [5.41, 5.74) is 10.1. The topological polar surface area (TPSA) is 92.4 Å². The maximum Gasteiger partial charge on any atom is 0.416 e. The van der Waals surface area contributed by atoms with Gasteiger partial charge in [-0.2, -0.15) is 13.2 Å². The fourth-order valence-corrected chi connectivity index (χ4v) is 4.27. The number of carboxylic acid groups (broad SMARTS) is 1. The summed E-state index contributed by atoms with van der Waals surface area (Å²) in [6.07, 6.45) is -4.33. The van der Waals surface area contributed by atoms with Crippen LogP contribution in [0.5, 0.6) is 0 Å². The van der Waals surface area contributed by atoms with Crippen LogP contribution >= 0.6 is 0 Å². The van der Waals surface area contributed by atoms with Gasteiger partial charge in [0, 0.05) is 17.5 Å². The van der Waals surface area contributed by atoms with Crippen molar-refractivity contribution in [3.05, 3.63) is 119 Å². The van der Waals surface area contributed by atoms with Crippen LogP contribution in [0.2, 0.25) is 0 Å². The van der Waals surface area contributed by atoms with Crippen LogP contribution in [0.25, 0.3) is 22.3 Å². The third-order valence-corrected chi connectivity index (χ3v) is 6.65. The zero-order valence-corrected chi connectivity index (χ0v) is 22.0. The molecule has 0 saturated carbocycles. The van der Waals surface area contributed by atoms with Crippen LogP contribution in [-0.4, -0.2) is 23.0 Å². The van der Waals surface area contributed by atoms with E-state index in [0.29, 0.717) is 11.1 Å². The molecule has 0 aliphatic rings. The number of hydrogen-bond donors (Lipinski definition) is 3. The largest absolute Gasteiger partial charge is 0.480 e. The predicted octanol–water partition coefficient (Wildman–Crippen LogP) is 6.66. The van der Waals surface area contributed by atoms with Crippen LogP contribution in [0.3, 0.4) is 0 Å². The van der Waals surface area contributed by atoms with E-state index in [1.807, 2.05) is 62.4 Å². The number of nitrogens with two attached hydrogens (primary N) is 1. The van der Waals surface area contributed by atoms with E-state index < -0.39 is 35.2 Å². The summed E-state index contributed by atoms with van der Waals surface area (Å²) in [5.74, 6) is -1.73. The average Bonchev–Trinajstić information content (AvgIpc) is 2.92. The van der Waals surface area contributed by atoms with E-state index in [4.69, 9.17) is 5.73 Å². The zero-order valence-electron chi connectivity index (χ0n) is 22.0. The van der Waals surface area contributed by atoms with E-state index in [1.165, 1.54) is 24.3 Å². The number of nitrogens with one attached hydrogen (secondary N) is 1. The molecular formula is C32H29F3N2O3. The highest BCUT2D eigenvalue weighted by Gasteiger charge is 2.30. The van der Waals surface area contributed by atoms with Gasteiger partial charge in [-0.25, -0.2) is 4.79 Å². The second-order valence-electron chi connectivity index (χ2n) is 10.2. The van der Waals surface area contributed by atoms with Crippen molar-refractivity contribution >= 4 is 11.9 Å². The highest BCUT2D eigenvalue weighted by atomic mass is 19.4. The Morgan fingerprint density at radius 1 is 0.725 bits per heavy atom. The Hall–Kier alpha value is -4.43. The van der Waals surface area contributed by atoms with Crippen molar-refractivity contribution in [1.82, 2.24) is 5.32 Å². The third-order valence-electron chi connectivity index (χ3n) is 6.65. The minimum atomic E-state index is -4.42. The molecule has 1 amide bonds. The van der Waals surface area contributed by atoms with Gasteiger partial charge < -0.3 is 16.2 Å². The van der Waals surface area contributed by atoms with Crippen LogP contribution < -0.4 is 11.1 Å². The Kier molecular flexibility index (Phi) is 8.11. The van der Waals surface area contributed by atoms with E-state index in [-0.39, 0.29) is 12.0 Å². The molecule has 0 aromatic heterocycles. The lowest BCUT2D eigenvalue weighted by molar-refractivity contribution is -0.139. The molecule has 4 aromatic carbocycles. The smallest absolute Gasteiger partial charge is 0.416 e. The van der Waals surface area contributed by atoms with E-state index >= 15 is 0 Å². The quantitative estimate of drug-likeness (QED) is 0.231. The molecule has 0 bridgehead atoms. The van der Waals surface area contributed by atoms with Crippen molar-refractivity contribution in [2.24, 2.45) is 5.73 Å². The summed E-state index contributed by atoms with van der Waals surface area (Å²) < 4.78 is 38.4. The summed E-state index contributed by atoms with van der Waals surface area (Å²) in [6, 6.07) is 25.2. The van der Waals surface area contributed by atoms with E-state index in [0.717, 1.165) is 34.4 Å². The normalized spacial score (nSPS) is 12.6. The zero-order chi connectivity index (χ0) is 29.1. The Labute approximate surface area is 230 Å². The van der Waals surface area contributed by atoms with Gasteiger partial charge in [-0.15, -0.1) is 0 Å². The van der Waals surface area contributed by atoms with Crippen LogP contribution in [0.4, 0.5) is 13.2 Å². The standard InChI is InChI=1S/C32H29F3N2O3/c1-31(2,36)26-15-11-23(12-16-26)21-5-3-20(4-6-21)19-28(30(39)40)37-29(38)25-9-7-22(8-10-25)24-13-17-27(18-14-24)32(33,34)35/h3-18,28H,19,36H2,1-2H3,(H,37,38)(H,39,40)/t28-/m0/s1. The van der Waals surface area contributed by atoms with Crippen molar-refractivity contribution in [2.75, 3.05) is 0 Å². The van der Waals surface area contributed by atoms with Crippen molar-refractivity contribution in [2.45, 2.75) is 38.0 Å². The Morgan fingerprint density at radius 3 is 1.52 bits per heavy atom. The Morgan fingerprint density at radius 2 is 1.12 bits per heavy atom. The molecule has 8 heteroatoms. The summed E-state index contributed by atoms with van der Waals surface area (Å²) in [6.45, 7) is 3.87. The first-order chi connectivity index (χ1) is 18.8. The summed E-state index contributed by atoms with van der Waals surface area (Å²) in [5, 5.41) is 12.3. The molecule has 0 saturated heterocycles. The minimum Gasteiger partial charge on any atom is -0.480 e.